The first-order valence-corrected chi connectivity index (χ1v) is 38.2. The molecule has 16 rings (SSSR count). The number of halogens is 5. The molecule has 0 atom stereocenters. The molecule has 12 aromatic rings. The van der Waals surface area contributed by atoms with Crippen LogP contribution in [-0.2, 0) is 97.3 Å². The molecular formula is C77H84Cl4FN9S4. The molecule has 95 heavy (non-hydrogen) atoms. The third kappa shape index (κ3) is 15.7. The standard InChI is InChI=1S/C20H23ClN2S.C19H20ClFN2S.C19H20ClN3S.C19H21ClN2S/c1-14-5-7-15(8-6-14)4-3-10-23-18-9-11-22(2)12-16(18)19-17(21)13-24-20(19)23;1-22-9-7-17-16(12-22)15-11-18(20)24-19(15)23(17)8-3-5-13-4-2-6-14(21)10-13;1-13-5-6-14(11-21-13)4-3-8-23-17-7-9-22(2)12-16(17)15-10-18(20)24-19(15)23;1-21-11-9-17-16(13-21)15-12-18(20)23-19(15)22(17)10-5-8-14-6-3-2-4-7-14/h5-8,13H,3-4,9-12H2,1-2H3;2,4,6,10-11H,3,5,7-9,12H2,1H3;3-6,10-11H,7-9,12H2,1-2H3;2-4,6-7,12H,5,8-11,13H2,1H3/b;;4-3+;. The van der Waals surface area contributed by atoms with Crippen molar-refractivity contribution < 1.29 is 4.39 Å². The molecule has 0 amide bonds. The van der Waals surface area contributed by atoms with Gasteiger partial charge in [-0.15, -0.1) is 45.3 Å². The van der Waals surface area contributed by atoms with E-state index in [9.17, 15) is 4.39 Å². The molecule has 9 nitrogen and oxygen atoms in total. The van der Waals surface area contributed by atoms with Crippen LogP contribution in [0.15, 0.2) is 127 Å². The van der Waals surface area contributed by atoms with Gasteiger partial charge in [-0.1, -0.05) is 137 Å². The average Bonchev–Trinajstić information content (AvgIpc) is 1.63. The quantitative estimate of drug-likeness (QED) is 0.102. The number of rotatable bonds is 15. The fourth-order valence-electron chi connectivity index (χ4n) is 14.5. The van der Waals surface area contributed by atoms with E-state index in [1.54, 1.807) is 57.5 Å². The van der Waals surface area contributed by atoms with Gasteiger partial charge in [0.15, 0.2) is 0 Å². The Labute approximate surface area is 595 Å². The monoisotopic (exact) mass is 1420 g/mol. The topological polar surface area (TPSA) is 45.6 Å². The number of likely N-dealkylation sites (N-methyl/N-ethyl adjacent to an activating group) is 4. The molecule has 18 heteroatoms. The second-order valence-electron chi connectivity index (χ2n) is 26.3. The van der Waals surface area contributed by atoms with E-state index in [0.29, 0.717) is 0 Å². The Morgan fingerprint density at radius 1 is 0.484 bits per heavy atom. The van der Waals surface area contributed by atoms with Crippen molar-refractivity contribution in [3.63, 3.8) is 0 Å². The molecule has 0 N–H and O–H groups in total. The van der Waals surface area contributed by atoms with Gasteiger partial charge in [-0.2, -0.15) is 0 Å². The maximum Gasteiger partial charge on any atom is 0.123 e. The van der Waals surface area contributed by atoms with Gasteiger partial charge in [-0.25, -0.2) is 4.39 Å². The highest BCUT2D eigenvalue weighted by Crippen LogP contribution is 2.43. The largest absolute Gasteiger partial charge is 0.336 e. The Morgan fingerprint density at radius 3 is 1.44 bits per heavy atom. The van der Waals surface area contributed by atoms with Gasteiger partial charge in [0, 0.05) is 166 Å². The van der Waals surface area contributed by atoms with Crippen LogP contribution in [0.25, 0.3) is 46.9 Å². The maximum absolute atomic E-state index is 13.3. The van der Waals surface area contributed by atoms with Crippen LogP contribution in [-0.4, -0.2) is 97.2 Å². The van der Waals surface area contributed by atoms with E-state index < -0.39 is 0 Å². The summed E-state index contributed by atoms with van der Waals surface area (Å²) in [7, 11) is 8.76. The molecule has 0 aliphatic carbocycles. The summed E-state index contributed by atoms with van der Waals surface area (Å²) in [5.74, 6) is -0.152. The van der Waals surface area contributed by atoms with Crippen LogP contribution >= 0.6 is 91.8 Å². The van der Waals surface area contributed by atoms with Crippen molar-refractivity contribution in [1.29, 1.82) is 0 Å². The molecular weight excluding hydrogens is 1340 g/mol. The van der Waals surface area contributed by atoms with E-state index in [1.165, 1.54) is 121 Å². The second-order valence-corrected chi connectivity index (χ2v) is 32.6. The summed E-state index contributed by atoms with van der Waals surface area (Å²) in [4.78, 5) is 19.2. The first-order valence-electron chi connectivity index (χ1n) is 33.4. The van der Waals surface area contributed by atoms with Crippen molar-refractivity contribution >= 4 is 139 Å². The van der Waals surface area contributed by atoms with Gasteiger partial charge in [-0.05, 0) is 161 Å². The Bertz CT molecular complexity index is 4640. The number of hydrogen-bond acceptors (Lipinski definition) is 9. The van der Waals surface area contributed by atoms with Gasteiger partial charge in [0.2, 0.25) is 0 Å². The van der Waals surface area contributed by atoms with E-state index in [2.05, 4.69) is 174 Å². The van der Waals surface area contributed by atoms with Crippen LogP contribution < -0.4 is 0 Å². The van der Waals surface area contributed by atoms with Gasteiger partial charge in [0.05, 0.1) is 18.0 Å². The number of fused-ring (bicyclic) bond motifs is 12. The number of hydrogen-bond donors (Lipinski definition) is 0. The lowest BCUT2D eigenvalue weighted by Crippen LogP contribution is -2.27. The van der Waals surface area contributed by atoms with Gasteiger partial charge >= 0.3 is 0 Å². The molecule has 0 saturated carbocycles. The van der Waals surface area contributed by atoms with Gasteiger partial charge in [0.25, 0.3) is 0 Å². The fraction of sp³-hybridized carbons (Fsp3) is 0.364. The van der Waals surface area contributed by atoms with Crippen LogP contribution in [0.4, 0.5) is 4.39 Å². The fourth-order valence-corrected chi connectivity index (χ4v) is 19.7. The van der Waals surface area contributed by atoms with Crippen molar-refractivity contribution in [3.8, 4) is 0 Å². The van der Waals surface area contributed by atoms with Gasteiger partial charge in [-0.3, -0.25) is 4.98 Å². The van der Waals surface area contributed by atoms with Crippen molar-refractivity contribution in [3.05, 3.63) is 229 Å². The Kier molecular flexibility index (Phi) is 22.0. The summed E-state index contributed by atoms with van der Waals surface area (Å²) < 4.78 is 25.9. The number of allylic oxidation sites excluding steroid dienone is 1. The summed E-state index contributed by atoms with van der Waals surface area (Å²) in [6.07, 6.45) is 17.3. The number of aryl methyl sites for hydroxylation is 8. The SMILES string of the molecule is CN1CCc2c(c3cc(Cl)sc3n2CCCc2cccc(F)c2)C1.CN1CCc2c(c3cc(Cl)sc3n2CCCc2ccccc2)C1.Cc1ccc(/C=C/Cn2c3c(c4cc(Cl)sc42)CN(C)CC3)cn1.Cc1ccc(CCCn2c3c(c4c(Cl)csc42)CN(C)CC3)cc1. The number of pyridine rings is 1. The molecule has 13 heterocycles. The zero-order chi connectivity index (χ0) is 65.9. The Balaban J connectivity index is 0.000000115. The predicted molar refractivity (Wildman–Crippen MR) is 406 cm³/mol. The minimum absolute atomic E-state index is 0.152. The first-order chi connectivity index (χ1) is 46.1. The zero-order valence-corrected chi connectivity index (χ0v) is 61.6. The lowest BCUT2D eigenvalue weighted by atomic mass is 10.1. The molecule has 0 unspecified atom stereocenters. The molecule has 4 aliphatic rings. The number of thiophene rings is 4. The molecule has 9 aromatic heterocycles. The smallest absolute Gasteiger partial charge is 0.123 e. The van der Waals surface area contributed by atoms with E-state index in [1.807, 2.05) is 25.3 Å². The number of benzene rings is 3. The van der Waals surface area contributed by atoms with Gasteiger partial charge in [0.1, 0.15) is 25.1 Å². The minimum Gasteiger partial charge on any atom is -0.336 e. The molecule has 0 radical (unpaired) electrons. The number of aromatic nitrogens is 5. The highest BCUT2D eigenvalue weighted by atomic mass is 35.5. The molecule has 0 saturated heterocycles. The average molecular weight is 1420 g/mol. The molecule has 3 aromatic carbocycles. The van der Waals surface area contributed by atoms with Crippen LogP contribution in [0.2, 0.25) is 18.0 Å². The second kappa shape index (κ2) is 30.7. The van der Waals surface area contributed by atoms with E-state index >= 15 is 0 Å². The summed E-state index contributed by atoms with van der Waals surface area (Å²) in [5, 5.41) is 8.35. The molecule has 0 spiro atoms. The van der Waals surface area contributed by atoms with Crippen molar-refractivity contribution in [2.75, 3.05) is 54.4 Å². The highest BCUT2D eigenvalue weighted by Gasteiger charge is 2.28. The molecule has 4 aliphatic heterocycles. The van der Waals surface area contributed by atoms with Crippen molar-refractivity contribution in [2.24, 2.45) is 0 Å². The zero-order valence-electron chi connectivity index (χ0n) is 55.3. The van der Waals surface area contributed by atoms with Crippen LogP contribution in [0.1, 0.15) is 97.8 Å². The maximum atomic E-state index is 13.3. The van der Waals surface area contributed by atoms with E-state index in [0.717, 1.165) is 165 Å². The highest BCUT2D eigenvalue weighted by molar-refractivity contribution is 7.23. The summed E-state index contributed by atoms with van der Waals surface area (Å²) in [6, 6.07) is 37.2. The van der Waals surface area contributed by atoms with Crippen LogP contribution in [0.5, 0.6) is 0 Å². The first kappa shape index (κ1) is 68.0. The van der Waals surface area contributed by atoms with E-state index in [-0.39, 0.29) is 5.82 Å². The van der Waals surface area contributed by atoms with Crippen molar-refractivity contribution in [1.82, 2.24) is 42.9 Å². The molecule has 0 fully saturated rings. The van der Waals surface area contributed by atoms with Crippen LogP contribution in [0, 0.1) is 19.7 Å². The minimum atomic E-state index is -0.152. The van der Waals surface area contributed by atoms with Crippen LogP contribution in [0.3, 0.4) is 0 Å². The third-order valence-corrected chi connectivity index (χ3v) is 24.6. The molecule has 496 valence electrons. The summed E-state index contributed by atoms with van der Waals surface area (Å²) in [6.45, 7) is 16.7. The number of nitrogens with zero attached hydrogens (tertiary/aromatic N) is 9. The Hall–Kier alpha value is -5.56. The van der Waals surface area contributed by atoms with E-state index in [4.69, 9.17) is 46.4 Å². The third-order valence-electron chi connectivity index (χ3n) is 19.3. The molecule has 0 bridgehead atoms. The predicted octanol–water partition coefficient (Wildman–Crippen LogP) is 20.1. The summed E-state index contributed by atoms with van der Waals surface area (Å²) >= 11 is 32.2. The Morgan fingerprint density at radius 2 is 0.937 bits per heavy atom. The normalized spacial score (nSPS) is 15.2. The van der Waals surface area contributed by atoms with Gasteiger partial charge < -0.3 is 37.9 Å². The summed E-state index contributed by atoms with van der Waals surface area (Å²) in [5.41, 5.74) is 19.3. The van der Waals surface area contributed by atoms with Crippen molar-refractivity contribution in [2.45, 2.75) is 130 Å². The lowest BCUT2D eigenvalue weighted by Gasteiger charge is -2.24. The lowest BCUT2D eigenvalue weighted by molar-refractivity contribution is 0.309.